The first-order valence-electron chi connectivity index (χ1n) is 6.10. The molecule has 0 aliphatic carbocycles. The Kier molecular flexibility index (Phi) is 6.22. The molecule has 0 bridgehead atoms. The average molecular weight is 254 g/mol. The van der Waals surface area contributed by atoms with E-state index in [0.29, 0.717) is 18.5 Å². The van der Waals surface area contributed by atoms with Gasteiger partial charge in [-0.15, -0.1) is 11.3 Å². The zero-order valence-corrected chi connectivity index (χ0v) is 11.6. The van der Waals surface area contributed by atoms with Gasteiger partial charge in [-0.1, -0.05) is 19.9 Å². The smallest absolute Gasteiger partial charge is 0.233 e. The predicted molar refractivity (Wildman–Crippen MR) is 73.3 cm³/mol. The van der Waals surface area contributed by atoms with Crippen LogP contribution in [0.15, 0.2) is 17.5 Å². The fourth-order valence-corrected chi connectivity index (χ4v) is 2.29. The third-order valence-electron chi connectivity index (χ3n) is 2.41. The van der Waals surface area contributed by atoms with Crippen LogP contribution in [0.4, 0.5) is 0 Å². The van der Waals surface area contributed by atoms with Gasteiger partial charge in [-0.2, -0.15) is 0 Å². The van der Waals surface area contributed by atoms with E-state index in [9.17, 15) is 4.79 Å². The summed E-state index contributed by atoms with van der Waals surface area (Å²) >= 11 is 1.76. The van der Waals surface area contributed by atoms with E-state index in [1.165, 1.54) is 4.88 Å². The lowest BCUT2D eigenvalue weighted by molar-refractivity contribution is -0.120. The van der Waals surface area contributed by atoms with Gasteiger partial charge in [0.2, 0.25) is 5.91 Å². The minimum atomic E-state index is 0.0803. The fraction of sp³-hybridized carbons (Fsp3) is 0.615. The zero-order chi connectivity index (χ0) is 12.7. The van der Waals surface area contributed by atoms with Crippen LogP contribution in [0.3, 0.4) is 0 Å². The number of carbonyl (C=O) groups is 1. The van der Waals surface area contributed by atoms with Gasteiger partial charge in [-0.3, -0.25) is 4.79 Å². The van der Waals surface area contributed by atoms with E-state index >= 15 is 0 Å². The van der Waals surface area contributed by atoms with Crippen LogP contribution in [-0.4, -0.2) is 25.0 Å². The van der Waals surface area contributed by atoms with Gasteiger partial charge in [-0.25, -0.2) is 0 Å². The van der Waals surface area contributed by atoms with Crippen LogP contribution in [0.5, 0.6) is 0 Å². The Bertz CT molecular complexity index is 322. The van der Waals surface area contributed by atoms with E-state index in [2.05, 4.69) is 48.9 Å². The van der Waals surface area contributed by atoms with Crippen molar-refractivity contribution in [2.75, 3.05) is 13.1 Å². The number of hydrogen-bond acceptors (Lipinski definition) is 3. The SMILES string of the molecule is CC(C)CNC(=O)CNC(C)Cc1cccs1. The largest absolute Gasteiger partial charge is 0.355 e. The summed E-state index contributed by atoms with van der Waals surface area (Å²) in [5.41, 5.74) is 0. The Hall–Kier alpha value is -0.870. The molecule has 17 heavy (non-hydrogen) atoms. The van der Waals surface area contributed by atoms with Gasteiger partial charge in [0.05, 0.1) is 6.54 Å². The van der Waals surface area contributed by atoms with Crippen LogP contribution in [0, 0.1) is 5.92 Å². The lowest BCUT2D eigenvalue weighted by Crippen LogP contribution is -2.39. The second kappa shape index (κ2) is 7.45. The lowest BCUT2D eigenvalue weighted by atomic mass is 10.2. The summed E-state index contributed by atoms with van der Waals surface area (Å²) in [4.78, 5) is 12.8. The van der Waals surface area contributed by atoms with Crippen LogP contribution in [0.2, 0.25) is 0 Å². The maximum Gasteiger partial charge on any atom is 0.233 e. The minimum absolute atomic E-state index is 0.0803. The highest BCUT2D eigenvalue weighted by molar-refractivity contribution is 7.09. The zero-order valence-electron chi connectivity index (χ0n) is 10.8. The molecule has 0 saturated carbocycles. The van der Waals surface area contributed by atoms with Crippen LogP contribution >= 0.6 is 11.3 Å². The van der Waals surface area contributed by atoms with Crippen molar-refractivity contribution in [1.29, 1.82) is 0 Å². The summed E-state index contributed by atoms with van der Waals surface area (Å²) < 4.78 is 0. The van der Waals surface area contributed by atoms with Crippen LogP contribution in [0.1, 0.15) is 25.6 Å². The van der Waals surface area contributed by atoms with E-state index in [0.717, 1.165) is 13.0 Å². The van der Waals surface area contributed by atoms with Gasteiger partial charge < -0.3 is 10.6 Å². The van der Waals surface area contributed by atoms with Crippen molar-refractivity contribution in [1.82, 2.24) is 10.6 Å². The van der Waals surface area contributed by atoms with Crippen molar-refractivity contribution in [2.45, 2.75) is 33.2 Å². The van der Waals surface area contributed by atoms with Crippen LogP contribution in [0.25, 0.3) is 0 Å². The van der Waals surface area contributed by atoms with Crippen LogP contribution in [-0.2, 0) is 11.2 Å². The number of carbonyl (C=O) groups excluding carboxylic acids is 1. The van der Waals surface area contributed by atoms with E-state index < -0.39 is 0 Å². The molecular weight excluding hydrogens is 232 g/mol. The standard InChI is InChI=1S/C13H22N2OS/c1-10(2)8-15-13(16)9-14-11(3)7-12-5-4-6-17-12/h4-6,10-11,14H,7-9H2,1-3H3,(H,15,16). The quantitative estimate of drug-likeness (QED) is 0.782. The molecule has 3 nitrogen and oxygen atoms in total. The molecule has 0 aliphatic heterocycles. The second-order valence-corrected chi connectivity index (χ2v) is 5.80. The van der Waals surface area contributed by atoms with E-state index in [1.807, 2.05) is 0 Å². The molecular formula is C13H22N2OS. The first kappa shape index (κ1) is 14.2. The third kappa shape index (κ3) is 6.44. The number of hydrogen-bond donors (Lipinski definition) is 2. The minimum Gasteiger partial charge on any atom is -0.355 e. The molecule has 1 aromatic rings. The predicted octanol–water partition coefficient (Wildman–Crippen LogP) is 2.04. The highest BCUT2D eigenvalue weighted by atomic mass is 32.1. The molecule has 2 N–H and O–H groups in total. The molecule has 1 unspecified atom stereocenters. The Balaban J connectivity index is 2.15. The van der Waals surface area contributed by atoms with Gasteiger partial charge in [0.1, 0.15) is 0 Å². The number of rotatable bonds is 7. The summed E-state index contributed by atoms with van der Waals surface area (Å²) in [5, 5.41) is 8.22. The van der Waals surface area contributed by atoms with Gasteiger partial charge in [-0.05, 0) is 30.7 Å². The first-order valence-corrected chi connectivity index (χ1v) is 6.98. The maximum atomic E-state index is 11.5. The Morgan fingerprint density at radius 1 is 1.41 bits per heavy atom. The van der Waals surface area contributed by atoms with Crippen molar-refractivity contribution in [2.24, 2.45) is 5.92 Å². The summed E-state index contributed by atoms with van der Waals surface area (Å²) in [7, 11) is 0. The third-order valence-corrected chi connectivity index (χ3v) is 3.30. The van der Waals surface area contributed by atoms with Crippen LogP contribution < -0.4 is 10.6 Å². The molecule has 96 valence electrons. The summed E-state index contributed by atoms with van der Waals surface area (Å²) in [6.07, 6.45) is 0.981. The Morgan fingerprint density at radius 3 is 2.76 bits per heavy atom. The van der Waals surface area contributed by atoms with Gasteiger partial charge in [0.15, 0.2) is 0 Å². The fourth-order valence-electron chi connectivity index (χ4n) is 1.45. The molecule has 0 aromatic carbocycles. The summed E-state index contributed by atoms with van der Waals surface area (Å²) in [6.45, 7) is 7.44. The van der Waals surface area contributed by atoms with Crippen molar-refractivity contribution in [3.05, 3.63) is 22.4 Å². The maximum absolute atomic E-state index is 11.5. The molecule has 0 saturated heterocycles. The topological polar surface area (TPSA) is 41.1 Å². The lowest BCUT2D eigenvalue weighted by Gasteiger charge is -2.13. The van der Waals surface area contributed by atoms with Crippen molar-refractivity contribution >= 4 is 17.2 Å². The highest BCUT2D eigenvalue weighted by Crippen LogP contribution is 2.10. The molecule has 0 aliphatic rings. The molecule has 1 aromatic heterocycles. The van der Waals surface area contributed by atoms with Crippen molar-refractivity contribution in [3.63, 3.8) is 0 Å². The normalized spacial score (nSPS) is 12.7. The van der Waals surface area contributed by atoms with E-state index in [1.54, 1.807) is 11.3 Å². The molecule has 1 rings (SSSR count). The summed E-state index contributed by atoms with van der Waals surface area (Å²) in [6, 6.07) is 4.52. The molecule has 0 radical (unpaired) electrons. The van der Waals surface area contributed by atoms with Gasteiger partial charge in [0, 0.05) is 17.5 Å². The molecule has 1 amide bonds. The molecule has 4 heteroatoms. The van der Waals surface area contributed by atoms with Gasteiger partial charge >= 0.3 is 0 Å². The van der Waals surface area contributed by atoms with Gasteiger partial charge in [0.25, 0.3) is 0 Å². The first-order chi connectivity index (χ1) is 8.08. The van der Waals surface area contributed by atoms with E-state index in [4.69, 9.17) is 0 Å². The molecule has 1 heterocycles. The monoisotopic (exact) mass is 254 g/mol. The highest BCUT2D eigenvalue weighted by Gasteiger charge is 2.07. The van der Waals surface area contributed by atoms with Crippen molar-refractivity contribution in [3.8, 4) is 0 Å². The Morgan fingerprint density at radius 2 is 2.18 bits per heavy atom. The van der Waals surface area contributed by atoms with E-state index in [-0.39, 0.29) is 5.91 Å². The average Bonchev–Trinajstić information content (AvgIpc) is 2.76. The van der Waals surface area contributed by atoms with Crippen molar-refractivity contribution < 1.29 is 4.79 Å². The molecule has 1 atom stereocenters. The number of nitrogens with one attached hydrogen (secondary N) is 2. The Labute approximate surface area is 108 Å². The molecule has 0 spiro atoms. The summed E-state index contributed by atoms with van der Waals surface area (Å²) in [5.74, 6) is 0.583. The second-order valence-electron chi connectivity index (χ2n) is 4.76. The molecule has 0 fully saturated rings. The number of thiophene rings is 1. The number of amides is 1.